The lowest BCUT2D eigenvalue weighted by molar-refractivity contribution is 1.36. The van der Waals surface area contributed by atoms with Gasteiger partial charge in [0, 0.05) is 5.39 Å². The maximum absolute atomic E-state index is 6.25. The second kappa shape index (κ2) is 3.83. The number of hydrogen-bond acceptors (Lipinski definition) is 2. The Labute approximate surface area is 118 Å². The molecule has 2 heterocycles. The van der Waals surface area contributed by atoms with Gasteiger partial charge in [0.25, 0.3) is 0 Å². The summed E-state index contributed by atoms with van der Waals surface area (Å²) in [6.45, 7) is 0. The lowest BCUT2D eigenvalue weighted by Gasteiger charge is -1.97. The number of nitrogens with one attached hydrogen (secondary N) is 1. The van der Waals surface area contributed by atoms with Gasteiger partial charge in [0.15, 0.2) is 5.65 Å². The molecule has 0 aliphatic rings. The predicted octanol–water partition coefficient (Wildman–Crippen LogP) is 4.57. The maximum atomic E-state index is 6.25. The molecule has 92 valence electrons. The number of halogens is 2. The highest BCUT2D eigenvalue weighted by atomic mass is 35.5. The van der Waals surface area contributed by atoms with Crippen LogP contribution in [0, 0.1) is 0 Å². The van der Waals surface area contributed by atoms with E-state index in [2.05, 4.69) is 15.0 Å². The number of aromatic nitrogens is 3. The summed E-state index contributed by atoms with van der Waals surface area (Å²) in [5.74, 6) is 0. The van der Waals surface area contributed by atoms with Crippen LogP contribution in [0.5, 0.6) is 0 Å². The van der Waals surface area contributed by atoms with Crippen molar-refractivity contribution in [3.8, 4) is 0 Å². The van der Waals surface area contributed by atoms with E-state index in [-0.39, 0.29) is 0 Å². The molecule has 0 spiro atoms. The molecule has 0 aliphatic carbocycles. The number of nitrogens with zero attached hydrogens (tertiary/aromatic N) is 2. The zero-order chi connectivity index (χ0) is 13.0. The first-order chi connectivity index (χ1) is 9.24. The molecular weight excluding hydrogens is 281 g/mol. The molecule has 5 heteroatoms. The quantitative estimate of drug-likeness (QED) is 0.515. The molecule has 3 nitrogen and oxygen atoms in total. The van der Waals surface area contributed by atoms with E-state index in [4.69, 9.17) is 23.2 Å². The Morgan fingerprint density at radius 2 is 1.53 bits per heavy atom. The van der Waals surface area contributed by atoms with Gasteiger partial charge in [-0.25, -0.2) is 9.97 Å². The van der Waals surface area contributed by atoms with Gasteiger partial charge in [-0.15, -0.1) is 0 Å². The second-order valence-corrected chi connectivity index (χ2v) is 5.13. The van der Waals surface area contributed by atoms with Crippen LogP contribution in [-0.4, -0.2) is 15.0 Å². The summed E-state index contributed by atoms with van der Waals surface area (Å²) in [4.78, 5) is 12.4. The first kappa shape index (κ1) is 11.0. The number of aromatic amines is 1. The molecule has 0 saturated heterocycles. The van der Waals surface area contributed by atoms with Gasteiger partial charge in [-0.05, 0) is 24.3 Å². The lowest BCUT2D eigenvalue weighted by atomic mass is 10.2. The van der Waals surface area contributed by atoms with E-state index in [1.54, 1.807) is 12.1 Å². The van der Waals surface area contributed by atoms with Crippen molar-refractivity contribution < 1.29 is 0 Å². The first-order valence-corrected chi connectivity index (χ1v) is 6.52. The fourth-order valence-electron chi connectivity index (χ4n) is 2.29. The summed E-state index contributed by atoms with van der Waals surface area (Å²) in [6, 6.07) is 11.3. The Hall–Kier alpha value is -1.84. The van der Waals surface area contributed by atoms with Crippen LogP contribution in [0.25, 0.3) is 33.1 Å². The molecule has 0 atom stereocenters. The average molecular weight is 288 g/mol. The van der Waals surface area contributed by atoms with E-state index >= 15 is 0 Å². The van der Waals surface area contributed by atoms with Crippen molar-refractivity contribution in [3.05, 3.63) is 46.4 Å². The van der Waals surface area contributed by atoms with Crippen molar-refractivity contribution in [2.24, 2.45) is 0 Å². The molecule has 0 radical (unpaired) electrons. The minimum atomic E-state index is 0.614. The van der Waals surface area contributed by atoms with E-state index < -0.39 is 0 Å². The lowest BCUT2D eigenvalue weighted by Crippen LogP contribution is -1.84. The maximum Gasteiger partial charge on any atom is 0.157 e. The molecule has 0 amide bonds. The van der Waals surface area contributed by atoms with Gasteiger partial charge in [0.05, 0.1) is 26.6 Å². The fraction of sp³-hybridized carbons (Fsp3) is 0. The molecule has 0 unspecified atom stereocenters. The molecule has 4 aromatic rings. The third-order valence-electron chi connectivity index (χ3n) is 3.15. The fourth-order valence-corrected chi connectivity index (χ4v) is 2.74. The standard InChI is InChI=1S/C14H7Cl2N3/c15-7-5-6-8(16)12-11(7)13-14(19-12)18-10-4-2-1-3-9(10)17-13/h1-6H,(H,18,19). The normalized spacial score (nSPS) is 11.7. The van der Waals surface area contributed by atoms with Crippen LogP contribution in [0.1, 0.15) is 0 Å². The van der Waals surface area contributed by atoms with Crippen molar-refractivity contribution in [3.63, 3.8) is 0 Å². The Morgan fingerprint density at radius 3 is 2.32 bits per heavy atom. The molecular formula is C14H7Cl2N3. The summed E-state index contributed by atoms with van der Waals surface area (Å²) in [6.07, 6.45) is 0. The van der Waals surface area contributed by atoms with Gasteiger partial charge in [0.1, 0.15) is 5.52 Å². The molecule has 1 N–H and O–H groups in total. The topological polar surface area (TPSA) is 41.6 Å². The SMILES string of the molecule is Clc1ccc(Cl)c2c1[nH]c1nc3ccccc3nc12. The molecule has 0 fully saturated rings. The Morgan fingerprint density at radius 1 is 0.842 bits per heavy atom. The molecule has 0 aliphatic heterocycles. The monoisotopic (exact) mass is 287 g/mol. The van der Waals surface area contributed by atoms with Crippen LogP contribution in [0.4, 0.5) is 0 Å². The van der Waals surface area contributed by atoms with Gasteiger partial charge in [-0.2, -0.15) is 0 Å². The molecule has 19 heavy (non-hydrogen) atoms. The number of fused-ring (bicyclic) bond motifs is 4. The highest BCUT2D eigenvalue weighted by Gasteiger charge is 2.13. The summed E-state index contributed by atoms with van der Waals surface area (Å²) < 4.78 is 0. The third kappa shape index (κ3) is 1.52. The smallest absolute Gasteiger partial charge is 0.157 e. The van der Waals surface area contributed by atoms with Crippen molar-refractivity contribution in [2.45, 2.75) is 0 Å². The number of para-hydroxylation sites is 2. The summed E-state index contributed by atoms with van der Waals surface area (Å²) in [5, 5.41) is 2.06. The molecule has 2 aromatic heterocycles. The summed E-state index contributed by atoms with van der Waals surface area (Å²) in [7, 11) is 0. The van der Waals surface area contributed by atoms with E-state index in [9.17, 15) is 0 Å². The van der Waals surface area contributed by atoms with Crippen LogP contribution in [0.3, 0.4) is 0 Å². The number of benzene rings is 2. The summed E-state index contributed by atoms with van der Waals surface area (Å²) >= 11 is 12.4. The highest BCUT2D eigenvalue weighted by molar-refractivity contribution is 6.42. The van der Waals surface area contributed by atoms with Crippen LogP contribution in [0.15, 0.2) is 36.4 Å². The van der Waals surface area contributed by atoms with E-state index in [1.165, 1.54) is 0 Å². The Balaban J connectivity index is 2.30. The van der Waals surface area contributed by atoms with Crippen molar-refractivity contribution in [1.82, 2.24) is 15.0 Å². The van der Waals surface area contributed by atoms with Crippen LogP contribution >= 0.6 is 23.2 Å². The van der Waals surface area contributed by atoms with Crippen molar-refractivity contribution in [1.29, 1.82) is 0 Å². The van der Waals surface area contributed by atoms with E-state index in [1.807, 2.05) is 24.3 Å². The number of rotatable bonds is 0. The zero-order valence-corrected chi connectivity index (χ0v) is 11.1. The van der Waals surface area contributed by atoms with Gasteiger partial charge >= 0.3 is 0 Å². The highest BCUT2D eigenvalue weighted by Crippen LogP contribution is 2.34. The number of H-pyrrole nitrogens is 1. The first-order valence-electron chi connectivity index (χ1n) is 5.76. The molecule has 0 saturated carbocycles. The minimum absolute atomic E-state index is 0.614. The predicted molar refractivity (Wildman–Crippen MR) is 78.9 cm³/mol. The van der Waals surface area contributed by atoms with E-state index in [0.717, 1.165) is 27.5 Å². The van der Waals surface area contributed by atoms with E-state index in [0.29, 0.717) is 15.7 Å². The van der Waals surface area contributed by atoms with Crippen LogP contribution in [-0.2, 0) is 0 Å². The average Bonchev–Trinajstić information content (AvgIpc) is 2.80. The Bertz CT molecular complexity index is 944. The van der Waals surface area contributed by atoms with Crippen LogP contribution < -0.4 is 0 Å². The minimum Gasteiger partial charge on any atom is -0.337 e. The van der Waals surface area contributed by atoms with Gasteiger partial charge in [-0.3, -0.25) is 0 Å². The molecule has 4 rings (SSSR count). The van der Waals surface area contributed by atoms with Crippen LogP contribution in [0.2, 0.25) is 10.0 Å². The second-order valence-electron chi connectivity index (χ2n) is 4.31. The molecule has 2 aromatic carbocycles. The van der Waals surface area contributed by atoms with Crippen molar-refractivity contribution in [2.75, 3.05) is 0 Å². The molecule has 0 bridgehead atoms. The zero-order valence-electron chi connectivity index (χ0n) is 9.61. The Kier molecular flexibility index (Phi) is 2.22. The largest absolute Gasteiger partial charge is 0.337 e. The van der Waals surface area contributed by atoms with Gasteiger partial charge < -0.3 is 4.98 Å². The third-order valence-corrected chi connectivity index (χ3v) is 3.78. The summed E-state index contributed by atoms with van der Waals surface area (Å²) in [5.41, 5.74) is 3.91. The van der Waals surface area contributed by atoms with Gasteiger partial charge in [-0.1, -0.05) is 35.3 Å². The van der Waals surface area contributed by atoms with Crippen molar-refractivity contribution >= 4 is 56.3 Å². The van der Waals surface area contributed by atoms with Gasteiger partial charge in [0.2, 0.25) is 0 Å². The number of hydrogen-bond donors (Lipinski definition) is 1.